The van der Waals surface area contributed by atoms with Crippen LogP contribution in [0, 0.1) is 0 Å². The van der Waals surface area contributed by atoms with Crippen molar-refractivity contribution in [3.05, 3.63) is 35.9 Å². The van der Waals surface area contributed by atoms with E-state index >= 15 is 0 Å². The number of aliphatic imine (C=N–C) groups is 1. The first kappa shape index (κ1) is 9.24. The second-order valence-electron chi connectivity index (χ2n) is 3.87. The largest absolute Gasteiger partial charge is 0.333 e. The van der Waals surface area contributed by atoms with Crippen LogP contribution in [0.25, 0.3) is 0 Å². The molecule has 1 aromatic rings. The van der Waals surface area contributed by atoms with Gasteiger partial charge in [0.25, 0.3) is 0 Å². The first-order valence-corrected chi connectivity index (χ1v) is 6.11. The van der Waals surface area contributed by atoms with Gasteiger partial charge in [0.15, 0.2) is 5.17 Å². The lowest BCUT2D eigenvalue weighted by atomic mass is 10.1. The average molecular weight is 219 g/mol. The Kier molecular flexibility index (Phi) is 2.18. The molecule has 2 unspecified atom stereocenters. The summed E-state index contributed by atoms with van der Waals surface area (Å²) < 4.78 is 0. The highest BCUT2D eigenvalue weighted by Gasteiger charge is 2.34. The van der Waals surface area contributed by atoms with Crippen LogP contribution in [0.15, 0.2) is 35.3 Å². The summed E-state index contributed by atoms with van der Waals surface area (Å²) in [4.78, 5) is 6.91. The van der Waals surface area contributed by atoms with Gasteiger partial charge in [0.2, 0.25) is 0 Å². The molecular formula is C11H13N3S. The zero-order valence-corrected chi connectivity index (χ0v) is 9.15. The lowest BCUT2D eigenvalue weighted by Gasteiger charge is -2.18. The van der Waals surface area contributed by atoms with Gasteiger partial charge in [0.05, 0.1) is 12.2 Å². The van der Waals surface area contributed by atoms with Crippen molar-refractivity contribution in [3.8, 4) is 0 Å². The predicted octanol–water partition coefficient (Wildman–Crippen LogP) is 1.43. The van der Waals surface area contributed by atoms with Gasteiger partial charge in [-0.25, -0.2) is 0 Å². The highest BCUT2D eigenvalue weighted by atomic mass is 32.2. The van der Waals surface area contributed by atoms with E-state index in [1.54, 1.807) is 11.8 Å². The topological polar surface area (TPSA) is 41.6 Å². The lowest BCUT2D eigenvalue weighted by Crippen LogP contribution is -2.39. The van der Waals surface area contributed by atoms with E-state index < -0.39 is 0 Å². The Morgan fingerprint density at radius 1 is 1.33 bits per heavy atom. The van der Waals surface area contributed by atoms with Gasteiger partial charge in [-0.2, -0.15) is 0 Å². The Bertz CT molecular complexity index is 390. The average Bonchev–Trinajstić information content (AvgIpc) is 2.83. The van der Waals surface area contributed by atoms with Gasteiger partial charge in [-0.15, -0.1) is 0 Å². The monoisotopic (exact) mass is 219 g/mol. The van der Waals surface area contributed by atoms with Crippen LogP contribution in [-0.4, -0.2) is 28.5 Å². The van der Waals surface area contributed by atoms with Crippen LogP contribution in [0.2, 0.25) is 0 Å². The summed E-state index contributed by atoms with van der Waals surface area (Å²) >= 11 is 1.77. The molecule has 3 nitrogen and oxygen atoms in total. The van der Waals surface area contributed by atoms with Crippen molar-refractivity contribution < 1.29 is 0 Å². The second-order valence-corrected chi connectivity index (χ2v) is 4.86. The number of fused-ring (bicyclic) bond motifs is 1. The minimum Gasteiger partial charge on any atom is -0.333 e. The Morgan fingerprint density at radius 3 is 2.87 bits per heavy atom. The van der Waals surface area contributed by atoms with Gasteiger partial charge in [-0.05, 0) is 5.56 Å². The molecule has 1 fully saturated rings. The first-order chi connectivity index (χ1) is 7.34. The molecule has 0 saturated carbocycles. The fraction of sp³-hybridized carbons (Fsp3) is 0.364. The van der Waals surface area contributed by atoms with Gasteiger partial charge in [0, 0.05) is 12.3 Å². The summed E-state index contributed by atoms with van der Waals surface area (Å²) in [6.45, 7) is 0.938. The van der Waals surface area contributed by atoms with E-state index in [4.69, 9.17) is 10.7 Å². The fourth-order valence-corrected chi connectivity index (χ4v) is 3.09. The maximum atomic E-state index is 5.98. The molecule has 2 N–H and O–H groups in total. The van der Waals surface area contributed by atoms with Crippen LogP contribution in [-0.2, 0) is 0 Å². The smallest absolute Gasteiger partial charge is 0.161 e. The molecule has 2 aliphatic rings. The maximum Gasteiger partial charge on any atom is 0.161 e. The molecule has 0 aliphatic carbocycles. The molecule has 1 saturated heterocycles. The quantitative estimate of drug-likeness (QED) is 0.777. The summed E-state index contributed by atoms with van der Waals surface area (Å²) in [7, 11) is 0. The van der Waals surface area contributed by atoms with Crippen LogP contribution in [0.3, 0.4) is 0 Å². The number of amidine groups is 1. The SMILES string of the molecule is NC1CSC2=NC(c3ccccc3)CN21. The minimum atomic E-state index is 0.155. The zero-order chi connectivity index (χ0) is 10.3. The molecule has 0 spiro atoms. The number of hydrogen-bond acceptors (Lipinski definition) is 4. The summed E-state index contributed by atoms with van der Waals surface area (Å²) in [6, 6.07) is 10.7. The fourth-order valence-electron chi connectivity index (χ4n) is 2.02. The van der Waals surface area contributed by atoms with E-state index in [1.807, 2.05) is 6.07 Å². The van der Waals surface area contributed by atoms with Crippen LogP contribution in [0.4, 0.5) is 0 Å². The molecule has 3 rings (SSSR count). The molecule has 15 heavy (non-hydrogen) atoms. The molecule has 2 atom stereocenters. The highest BCUT2D eigenvalue weighted by molar-refractivity contribution is 8.14. The van der Waals surface area contributed by atoms with Crippen molar-refractivity contribution in [2.45, 2.75) is 12.2 Å². The van der Waals surface area contributed by atoms with E-state index in [1.165, 1.54) is 5.56 Å². The molecule has 2 heterocycles. The van der Waals surface area contributed by atoms with Crippen molar-refractivity contribution >= 4 is 16.9 Å². The van der Waals surface area contributed by atoms with Crippen LogP contribution in [0.5, 0.6) is 0 Å². The van der Waals surface area contributed by atoms with E-state index in [9.17, 15) is 0 Å². The number of thioether (sulfide) groups is 1. The third-order valence-electron chi connectivity index (χ3n) is 2.85. The zero-order valence-electron chi connectivity index (χ0n) is 8.34. The Morgan fingerprint density at radius 2 is 2.13 bits per heavy atom. The molecule has 0 aromatic heterocycles. The summed E-state index contributed by atoms with van der Waals surface area (Å²) in [5, 5.41) is 1.12. The minimum absolute atomic E-state index is 0.155. The number of nitrogens with two attached hydrogens (primary N) is 1. The number of nitrogens with zero attached hydrogens (tertiary/aromatic N) is 2. The molecule has 4 heteroatoms. The third kappa shape index (κ3) is 1.54. The molecule has 1 aromatic carbocycles. The van der Waals surface area contributed by atoms with Crippen LogP contribution in [0.1, 0.15) is 11.6 Å². The normalized spacial score (nSPS) is 29.1. The standard InChI is InChI=1S/C11H13N3S/c12-10-7-15-11-13-9(6-14(10)11)8-4-2-1-3-5-8/h1-5,9-10H,6-7,12H2. The predicted molar refractivity (Wildman–Crippen MR) is 63.8 cm³/mol. The molecule has 0 bridgehead atoms. The van der Waals surface area contributed by atoms with E-state index in [0.717, 1.165) is 17.5 Å². The lowest BCUT2D eigenvalue weighted by molar-refractivity contribution is 0.364. The maximum absolute atomic E-state index is 5.98. The van der Waals surface area contributed by atoms with Crippen LogP contribution >= 0.6 is 11.8 Å². The van der Waals surface area contributed by atoms with Gasteiger partial charge >= 0.3 is 0 Å². The summed E-state index contributed by atoms with van der Waals surface area (Å²) in [5.74, 6) is 0.973. The molecule has 0 amide bonds. The first-order valence-electron chi connectivity index (χ1n) is 5.12. The second kappa shape index (κ2) is 3.54. The van der Waals surface area contributed by atoms with Crippen LogP contribution < -0.4 is 5.73 Å². The molecule has 0 radical (unpaired) electrons. The number of benzene rings is 1. The summed E-state index contributed by atoms with van der Waals surface area (Å²) in [6.07, 6.45) is 0.155. The van der Waals surface area contributed by atoms with Crippen molar-refractivity contribution in [1.29, 1.82) is 0 Å². The number of rotatable bonds is 1. The van der Waals surface area contributed by atoms with Gasteiger partial charge < -0.3 is 10.6 Å². The Labute approximate surface area is 93.4 Å². The van der Waals surface area contributed by atoms with Crippen molar-refractivity contribution in [2.24, 2.45) is 10.7 Å². The molecule has 78 valence electrons. The van der Waals surface area contributed by atoms with E-state index in [2.05, 4.69) is 29.2 Å². The van der Waals surface area contributed by atoms with E-state index in [0.29, 0.717) is 0 Å². The van der Waals surface area contributed by atoms with E-state index in [-0.39, 0.29) is 12.2 Å². The van der Waals surface area contributed by atoms with Crippen molar-refractivity contribution in [1.82, 2.24) is 4.90 Å². The summed E-state index contributed by atoms with van der Waals surface area (Å²) in [5.41, 5.74) is 7.27. The number of hydrogen-bond donors (Lipinski definition) is 1. The van der Waals surface area contributed by atoms with Gasteiger partial charge in [-0.1, -0.05) is 42.1 Å². The Hall–Kier alpha value is -1.00. The molecule has 2 aliphatic heterocycles. The van der Waals surface area contributed by atoms with Gasteiger partial charge in [0.1, 0.15) is 0 Å². The Balaban J connectivity index is 1.86. The molecular weight excluding hydrogens is 206 g/mol. The third-order valence-corrected chi connectivity index (χ3v) is 3.96. The highest BCUT2D eigenvalue weighted by Crippen LogP contribution is 2.33. The van der Waals surface area contributed by atoms with Gasteiger partial charge in [-0.3, -0.25) is 4.99 Å². The van der Waals surface area contributed by atoms with Crippen molar-refractivity contribution in [2.75, 3.05) is 12.3 Å². The van der Waals surface area contributed by atoms with Crippen molar-refractivity contribution in [3.63, 3.8) is 0 Å².